The van der Waals surface area contributed by atoms with E-state index in [1.54, 1.807) is 43.4 Å². The minimum Gasteiger partial charge on any atom is -0.489 e. The lowest BCUT2D eigenvalue weighted by Crippen LogP contribution is -2.22. The predicted octanol–water partition coefficient (Wildman–Crippen LogP) is 6.24. The predicted molar refractivity (Wildman–Crippen MR) is 111 cm³/mol. The first-order valence-electron chi connectivity index (χ1n) is 9.40. The first-order valence-corrected chi connectivity index (χ1v) is 9.40. The summed E-state index contributed by atoms with van der Waals surface area (Å²) in [7, 11) is 1.68. The summed E-state index contributed by atoms with van der Waals surface area (Å²) >= 11 is 0. The van der Waals surface area contributed by atoms with Gasteiger partial charge in [0.2, 0.25) is 5.91 Å². The van der Waals surface area contributed by atoms with Crippen LogP contribution in [0.25, 0.3) is 11.1 Å². The van der Waals surface area contributed by atoms with Crippen LogP contribution in [0, 0.1) is 6.92 Å². The number of rotatable bonds is 5. The van der Waals surface area contributed by atoms with E-state index in [4.69, 9.17) is 4.74 Å². The van der Waals surface area contributed by atoms with E-state index in [-0.39, 0.29) is 12.5 Å². The number of carbonyl (C=O) groups excluding carboxylic acids is 1. The summed E-state index contributed by atoms with van der Waals surface area (Å²) < 4.78 is 45.6. The van der Waals surface area contributed by atoms with Crippen molar-refractivity contribution in [2.75, 3.05) is 11.9 Å². The lowest BCUT2D eigenvalue weighted by Gasteiger charge is -2.17. The highest BCUT2D eigenvalue weighted by molar-refractivity contribution is 5.90. The van der Waals surface area contributed by atoms with Crippen molar-refractivity contribution in [3.05, 3.63) is 83.4 Å². The lowest BCUT2D eigenvalue weighted by atomic mass is 9.94. The molecule has 0 radical (unpaired) electrons. The molecule has 0 bridgehead atoms. The molecule has 0 unspecified atom stereocenters. The van der Waals surface area contributed by atoms with Crippen molar-refractivity contribution >= 4 is 11.6 Å². The maximum absolute atomic E-state index is 13.3. The van der Waals surface area contributed by atoms with Gasteiger partial charge < -0.3 is 9.64 Å². The fourth-order valence-electron chi connectivity index (χ4n) is 3.11. The highest BCUT2D eigenvalue weighted by Gasteiger charge is 2.31. The van der Waals surface area contributed by atoms with Crippen molar-refractivity contribution in [3.63, 3.8) is 0 Å². The molecule has 0 saturated heterocycles. The summed E-state index contributed by atoms with van der Waals surface area (Å²) in [6, 6.07) is 18.0. The molecule has 0 saturated carbocycles. The number of alkyl halides is 3. The number of ether oxygens (including phenoxy) is 1. The third-order valence-electron chi connectivity index (χ3n) is 4.96. The molecule has 30 heavy (non-hydrogen) atoms. The topological polar surface area (TPSA) is 29.5 Å². The lowest BCUT2D eigenvalue weighted by molar-refractivity contribution is -0.137. The average molecular weight is 413 g/mol. The fourth-order valence-corrected chi connectivity index (χ4v) is 3.11. The van der Waals surface area contributed by atoms with E-state index in [0.717, 1.165) is 22.9 Å². The van der Waals surface area contributed by atoms with Crippen LogP contribution in [0.5, 0.6) is 5.75 Å². The minimum absolute atomic E-state index is 0.0868. The Bertz CT molecular complexity index is 1040. The Labute approximate surface area is 173 Å². The molecular formula is C24H22F3NO2. The maximum atomic E-state index is 13.3. The van der Waals surface area contributed by atoms with Crippen LogP contribution in [0.1, 0.15) is 23.6 Å². The van der Waals surface area contributed by atoms with Crippen molar-refractivity contribution in [3.8, 4) is 16.9 Å². The largest absolute Gasteiger partial charge is 0.489 e. The van der Waals surface area contributed by atoms with E-state index in [1.165, 1.54) is 24.0 Å². The average Bonchev–Trinajstić information content (AvgIpc) is 2.71. The molecule has 3 aromatic rings. The van der Waals surface area contributed by atoms with Crippen LogP contribution in [0.4, 0.5) is 18.9 Å². The fraction of sp³-hybridized carbons (Fsp3) is 0.208. The van der Waals surface area contributed by atoms with Crippen molar-refractivity contribution < 1.29 is 22.7 Å². The summed E-state index contributed by atoms with van der Waals surface area (Å²) in [5, 5.41) is 0. The van der Waals surface area contributed by atoms with Gasteiger partial charge in [0.1, 0.15) is 12.4 Å². The van der Waals surface area contributed by atoms with Crippen LogP contribution in [0.3, 0.4) is 0 Å². The van der Waals surface area contributed by atoms with Crippen LogP contribution in [0.2, 0.25) is 0 Å². The molecule has 0 fully saturated rings. The smallest absolute Gasteiger partial charge is 0.416 e. The Morgan fingerprint density at radius 1 is 0.967 bits per heavy atom. The van der Waals surface area contributed by atoms with Crippen LogP contribution in [-0.2, 0) is 17.6 Å². The molecule has 0 N–H and O–H groups in total. The number of nitrogens with zero attached hydrogens (tertiary/aromatic N) is 1. The Hall–Kier alpha value is -3.28. The molecule has 0 heterocycles. The third-order valence-corrected chi connectivity index (χ3v) is 4.96. The molecule has 0 aromatic heterocycles. The molecule has 3 rings (SSSR count). The zero-order valence-corrected chi connectivity index (χ0v) is 17.0. The highest BCUT2D eigenvalue weighted by atomic mass is 19.4. The number of hydrogen-bond donors (Lipinski definition) is 0. The Morgan fingerprint density at radius 3 is 2.23 bits per heavy atom. The second-order valence-corrected chi connectivity index (χ2v) is 7.05. The van der Waals surface area contributed by atoms with Gasteiger partial charge in [0.25, 0.3) is 0 Å². The van der Waals surface area contributed by atoms with Gasteiger partial charge in [-0.25, -0.2) is 0 Å². The van der Waals surface area contributed by atoms with Gasteiger partial charge >= 0.3 is 6.18 Å². The summed E-state index contributed by atoms with van der Waals surface area (Å²) in [6.07, 6.45) is -4.42. The molecule has 3 aromatic carbocycles. The van der Waals surface area contributed by atoms with E-state index in [9.17, 15) is 18.0 Å². The quantitative estimate of drug-likeness (QED) is 0.495. The molecule has 1 amide bonds. The van der Waals surface area contributed by atoms with Crippen molar-refractivity contribution in [2.45, 2.75) is 26.6 Å². The standard InChI is InChI=1S/C24H22F3NO2/c1-16-6-4-5-7-22(16)23-14-19(24(25,26)27)9-8-18(23)15-30-21-12-10-20(11-13-21)28(3)17(2)29/h4-14H,15H2,1-3H3. The molecule has 156 valence electrons. The normalized spacial score (nSPS) is 11.3. The van der Waals surface area contributed by atoms with E-state index < -0.39 is 11.7 Å². The van der Waals surface area contributed by atoms with Gasteiger partial charge in [0, 0.05) is 19.7 Å². The zero-order valence-electron chi connectivity index (χ0n) is 17.0. The number of anilines is 1. The van der Waals surface area contributed by atoms with Crippen LogP contribution < -0.4 is 9.64 Å². The molecular weight excluding hydrogens is 391 g/mol. The van der Waals surface area contributed by atoms with Gasteiger partial charge in [-0.1, -0.05) is 30.3 Å². The van der Waals surface area contributed by atoms with Crippen LogP contribution in [-0.4, -0.2) is 13.0 Å². The van der Waals surface area contributed by atoms with E-state index in [1.807, 2.05) is 19.1 Å². The van der Waals surface area contributed by atoms with Crippen LogP contribution in [0.15, 0.2) is 66.7 Å². The second-order valence-electron chi connectivity index (χ2n) is 7.05. The summed E-state index contributed by atoms with van der Waals surface area (Å²) in [5.41, 5.74) is 2.81. The Kier molecular flexibility index (Phi) is 6.15. The van der Waals surface area contributed by atoms with Crippen molar-refractivity contribution in [1.82, 2.24) is 0 Å². The molecule has 0 aliphatic rings. The molecule has 6 heteroatoms. The molecule has 0 aliphatic carbocycles. The molecule has 0 aliphatic heterocycles. The van der Waals surface area contributed by atoms with Gasteiger partial charge in [-0.15, -0.1) is 0 Å². The Morgan fingerprint density at radius 2 is 1.63 bits per heavy atom. The van der Waals surface area contributed by atoms with E-state index in [2.05, 4.69) is 0 Å². The second kappa shape index (κ2) is 8.61. The zero-order chi connectivity index (χ0) is 21.9. The molecule has 0 atom stereocenters. The monoisotopic (exact) mass is 413 g/mol. The van der Waals surface area contributed by atoms with Gasteiger partial charge in [-0.2, -0.15) is 13.2 Å². The summed E-state index contributed by atoms with van der Waals surface area (Å²) in [6.45, 7) is 3.45. The number of carbonyl (C=O) groups is 1. The van der Waals surface area contributed by atoms with Gasteiger partial charge in [0.05, 0.1) is 5.56 Å². The Balaban J connectivity index is 1.89. The number of hydrogen-bond acceptors (Lipinski definition) is 2. The molecule has 3 nitrogen and oxygen atoms in total. The number of aryl methyl sites for hydroxylation is 1. The third kappa shape index (κ3) is 4.82. The summed E-state index contributed by atoms with van der Waals surface area (Å²) in [4.78, 5) is 13.0. The first kappa shape index (κ1) is 21.4. The number of halogens is 3. The number of benzene rings is 3. The van der Waals surface area contributed by atoms with Gasteiger partial charge in [-0.05, 0) is 65.6 Å². The summed E-state index contributed by atoms with van der Waals surface area (Å²) in [5.74, 6) is 0.475. The van der Waals surface area contributed by atoms with Crippen LogP contribution >= 0.6 is 0 Å². The van der Waals surface area contributed by atoms with Gasteiger partial charge in [0.15, 0.2) is 0 Å². The molecule has 0 spiro atoms. The maximum Gasteiger partial charge on any atom is 0.416 e. The minimum atomic E-state index is -4.42. The van der Waals surface area contributed by atoms with Crippen molar-refractivity contribution in [1.29, 1.82) is 0 Å². The first-order chi connectivity index (χ1) is 14.2. The van der Waals surface area contributed by atoms with Crippen molar-refractivity contribution in [2.24, 2.45) is 0 Å². The van der Waals surface area contributed by atoms with E-state index in [0.29, 0.717) is 16.9 Å². The highest BCUT2D eigenvalue weighted by Crippen LogP contribution is 2.35. The SMILES string of the molecule is CC(=O)N(C)c1ccc(OCc2ccc(C(F)(F)F)cc2-c2ccccc2C)cc1. The van der Waals surface area contributed by atoms with E-state index >= 15 is 0 Å². The van der Waals surface area contributed by atoms with Gasteiger partial charge in [-0.3, -0.25) is 4.79 Å². The number of amides is 1.